The van der Waals surface area contributed by atoms with Crippen LogP contribution in [0.2, 0.25) is 0 Å². The van der Waals surface area contributed by atoms with Crippen LogP contribution >= 0.6 is 0 Å². The molecule has 1 aromatic carbocycles. The van der Waals surface area contributed by atoms with Crippen LogP contribution in [0.3, 0.4) is 0 Å². The van der Waals surface area contributed by atoms with Gasteiger partial charge in [0.1, 0.15) is 11.9 Å². The number of nitrogens with one attached hydrogen (secondary N) is 1. The number of rotatable bonds is 6. The maximum absolute atomic E-state index is 14.9. The Hall–Kier alpha value is -1.87. The number of hydrogen-bond acceptors (Lipinski definition) is 1. The van der Waals surface area contributed by atoms with Crippen molar-refractivity contribution in [2.75, 3.05) is 26.7 Å². The van der Waals surface area contributed by atoms with E-state index in [1.165, 1.54) is 11.3 Å². The van der Waals surface area contributed by atoms with Gasteiger partial charge in [-0.1, -0.05) is 31.2 Å². The van der Waals surface area contributed by atoms with Crippen molar-refractivity contribution in [1.29, 1.82) is 0 Å². The van der Waals surface area contributed by atoms with Gasteiger partial charge in [0, 0.05) is 24.2 Å². The first kappa shape index (κ1) is 20.4. The van der Waals surface area contributed by atoms with E-state index in [0.29, 0.717) is 0 Å². The fourth-order valence-corrected chi connectivity index (χ4v) is 3.77. The third-order valence-electron chi connectivity index (χ3n) is 5.28. The minimum atomic E-state index is -0.0959. The van der Waals surface area contributed by atoms with E-state index in [2.05, 4.69) is 57.4 Å². The van der Waals surface area contributed by atoms with E-state index in [1.54, 1.807) is 6.07 Å². The molecule has 2 unspecified atom stereocenters. The largest absolute Gasteiger partial charge is 0.389 e. The molecule has 26 heavy (non-hydrogen) atoms. The van der Waals surface area contributed by atoms with Crippen LogP contribution in [0.1, 0.15) is 50.8 Å². The molecule has 0 radical (unpaired) electrons. The highest BCUT2D eigenvalue weighted by atomic mass is 19.1. The molecule has 1 aliphatic rings. The van der Waals surface area contributed by atoms with E-state index >= 15 is 0 Å². The summed E-state index contributed by atoms with van der Waals surface area (Å²) in [5, 5.41) is 3.45. The summed E-state index contributed by atoms with van der Waals surface area (Å²) in [6.07, 6.45) is 10.9. The van der Waals surface area contributed by atoms with E-state index in [1.807, 2.05) is 19.1 Å². The lowest BCUT2D eigenvalue weighted by atomic mass is 9.92. The summed E-state index contributed by atoms with van der Waals surface area (Å²) in [7, 11) is 2.25. The number of quaternary nitrogens is 1. The van der Waals surface area contributed by atoms with E-state index < -0.39 is 0 Å². The first-order valence-electron chi connectivity index (χ1n) is 9.71. The van der Waals surface area contributed by atoms with Gasteiger partial charge in [-0.25, -0.2) is 4.39 Å². The minimum absolute atomic E-state index is 0.0239. The van der Waals surface area contributed by atoms with Gasteiger partial charge in [-0.2, -0.15) is 0 Å². The Morgan fingerprint density at radius 1 is 1.35 bits per heavy atom. The quantitative estimate of drug-likeness (QED) is 0.669. The predicted octanol–water partition coefficient (Wildman–Crippen LogP) is 5.43. The highest BCUT2D eigenvalue weighted by Crippen LogP contribution is 2.36. The fraction of sp³-hybridized carbons (Fsp3) is 0.478. The number of allylic oxidation sites excluding steroid dienone is 3. The third-order valence-corrected chi connectivity index (χ3v) is 5.28. The van der Waals surface area contributed by atoms with E-state index in [-0.39, 0.29) is 11.9 Å². The van der Waals surface area contributed by atoms with Gasteiger partial charge < -0.3 is 9.80 Å². The second kappa shape index (κ2) is 9.18. The van der Waals surface area contributed by atoms with Crippen LogP contribution in [-0.2, 0) is 0 Å². The van der Waals surface area contributed by atoms with E-state index in [9.17, 15) is 4.39 Å². The summed E-state index contributed by atoms with van der Waals surface area (Å²) in [6.45, 7) is 11.2. The standard InChI is InChI=1S/C23H34FN2/c1-6-14-25-20(4)13-16-26(5)15-9-7-8-10-19(3)23(26)21-12-11-18(2)17-22(21)24/h7-8,10-13,17,23,25H,6,9,14-16H2,1-5H3/q+1/b8-7-,19-10+,20-13+. The molecule has 3 heteroatoms. The first-order valence-corrected chi connectivity index (χ1v) is 9.71. The molecule has 1 aliphatic heterocycles. The molecular weight excluding hydrogens is 323 g/mol. The SMILES string of the molecule is CCCN/C(C)=C/C[N+]1(C)CC/C=C\C=C(/C)C1c1ccc(C)cc1F. The Kier molecular flexibility index (Phi) is 7.22. The average molecular weight is 358 g/mol. The summed E-state index contributed by atoms with van der Waals surface area (Å²) in [5.74, 6) is -0.0959. The Morgan fingerprint density at radius 3 is 2.81 bits per heavy atom. The summed E-state index contributed by atoms with van der Waals surface area (Å²) in [6, 6.07) is 5.68. The maximum Gasteiger partial charge on any atom is 0.139 e. The van der Waals surface area contributed by atoms with Crippen molar-refractivity contribution in [3.8, 4) is 0 Å². The Morgan fingerprint density at radius 2 is 2.12 bits per heavy atom. The van der Waals surface area contributed by atoms with Gasteiger partial charge >= 0.3 is 0 Å². The lowest BCUT2D eigenvalue weighted by Crippen LogP contribution is -2.49. The molecule has 142 valence electrons. The molecule has 2 nitrogen and oxygen atoms in total. The number of aryl methyl sites for hydroxylation is 1. The van der Waals surface area contributed by atoms with Crippen molar-refractivity contribution in [3.63, 3.8) is 0 Å². The van der Waals surface area contributed by atoms with Gasteiger partial charge in [0.2, 0.25) is 0 Å². The van der Waals surface area contributed by atoms with E-state index in [0.717, 1.165) is 48.1 Å². The molecule has 0 saturated heterocycles. The minimum Gasteiger partial charge on any atom is -0.389 e. The van der Waals surface area contributed by atoms with Crippen molar-refractivity contribution >= 4 is 0 Å². The monoisotopic (exact) mass is 357 g/mol. The molecule has 0 saturated carbocycles. The highest BCUT2D eigenvalue weighted by molar-refractivity contribution is 5.32. The van der Waals surface area contributed by atoms with Gasteiger partial charge in [0.25, 0.3) is 0 Å². The van der Waals surface area contributed by atoms with Gasteiger partial charge in [-0.05, 0) is 56.5 Å². The molecule has 0 spiro atoms. The van der Waals surface area contributed by atoms with Crippen LogP contribution < -0.4 is 5.32 Å². The molecule has 0 aromatic heterocycles. The molecule has 1 N–H and O–H groups in total. The van der Waals surface area contributed by atoms with Crippen molar-refractivity contribution in [2.24, 2.45) is 0 Å². The molecule has 1 heterocycles. The lowest BCUT2D eigenvalue weighted by molar-refractivity contribution is -0.928. The van der Waals surface area contributed by atoms with Crippen LogP contribution in [0.4, 0.5) is 4.39 Å². The zero-order valence-corrected chi connectivity index (χ0v) is 17.0. The molecule has 0 aliphatic carbocycles. The van der Waals surface area contributed by atoms with Crippen molar-refractivity contribution in [1.82, 2.24) is 5.32 Å². The van der Waals surface area contributed by atoms with Crippen LogP contribution in [0.25, 0.3) is 0 Å². The second-order valence-electron chi connectivity index (χ2n) is 7.75. The normalized spacial score (nSPS) is 27.2. The van der Waals surface area contributed by atoms with Crippen LogP contribution in [0.15, 0.2) is 53.8 Å². The maximum atomic E-state index is 14.9. The van der Waals surface area contributed by atoms with Gasteiger partial charge in [-0.15, -0.1) is 0 Å². The Balaban J connectivity index is 2.41. The second-order valence-corrected chi connectivity index (χ2v) is 7.75. The number of nitrogens with zero attached hydrogens (tertiary/aromatic N) is 1. The molecular formula is C23H34FN2+. The zero-order valence-electron chi connectivity index (χ0n) is 17.0. The predicted molar refractivity (Wildman–Crippen MR) is 109 cm³/mol. The van der Waals surface area contributed by atoms with E-state index in [4.69, 9.17) is 0 Å². The lowest BCUT2D eigenvalue weighted by Gasteiger charge is -2.42. The summed E-state index contributed by atoms with van der Waals surface area (Å²) < 4.78 is 15.6. The number of likely N-dealkylation sites (N-methyl/N-ethyl adjacent to an activating group) is 1. The Bertz CT molecular complexity index is 702. The molecule has 1 aromatic rings. The summed E-state index contributed by atoms with van der Waals surface area (Å²) in [5.41, 5.74) is 4.18. The molecule has 0 fully saturated rings. The number of benzene rings is 1. The third kappa shape index (κ3) is 5.07. The van der Waals surface area contributed by atoms with Crippen LogP contribution in [0.5, 0.6) is 0 Å². The molecule has 0 amide bonds. The van der Waals surface area contributed by atoms with Crippen molar-refractivity contribution < 1.29 is 8.87 Å². The Labute approximate surface area is 158 Å². The van der Waals surface area contributed by atoms with Crippen molar-refractivity contribution in [3.05, 3.63) is 70.7 Å². The first-order chi connectivity index (χ1) is 12.4. The number of hydrogen-bond donors (Lipinski definition) is 1. The summed E-state index contributed by atoms with van der Waals surface area (Å²) >= 11 is 0. The molecule has 0 bridgehead atoms. The topological polar surface area (TPSA) is 12.0 Å². The average Bonchev–Trinajstić information content (AvgIpc) is 2.59. The van der Waals surface area contributed by atoms with Crippen LogP contribution in [0, 0.1) is 12.7 Å². The fourth-order valence-electron chi connectivity index (χ4n) is 3.77. The number of halogens is 1. The summed E-state index contributed by atoms with van der Waals surface area (Å²) in [4.78, 5) is 0. The molecule has 2 atom stereocenters. The van der Waals surface area contributed by atoms with Crippen molar-refractivity contribution in [2.45, 2.75) is 46.6 Å². The van der Waals surface area contributed by atoms with Gasteiger partial charge in [0.05, 0.1) is 20.1 Å². The van der Waals surface area contributed by atoms with Crippen LogP contribution in [-0.4, -0.2) is 31.2 Å². The zero-order chi connectivity index (χ0) is 19.2. The highest BCUT2D eigenvalue weighted by Gasteiger charge is 2.36. The smallest absolute Gasteiger partial charge is 0.139 e. The van der Waals surface area contributed by atoms with Gasteiger partial charge in [-0.3, -0.25) is 0 Å². The van der Waals surface area contributed by atoms with Gasteiger partial charge in [0.15, 0.2) is 0 Å². The molecule has 2 rings (SSSR count).